The van der Waals surface area contributed by atoms with E-state index < -0.39 is 0 Å². The summed E-state index contributed by atoms with van der Waals surface area (Å²) in [6.45, 7) is 9.22. The molecular weight excluding hydrogens is 451 g/mol. The number of allylic oxidation sites excluding steroid dienone is 4. The Morgan fingerprint density at radius 1 is 0.857 bits per heavy atom. The molecule has 3 aromatic rings. The molecule has 1 aliphatic rings. The molecule has 28 heavy (non-hydrogen) atoms. The van der Waals surface area contributed by atoms with Gasteiger partial charge in [-0.1, -0.05) is 70.2 Å². The third kappa shape index (κ3) is 3.24. The number of hydrogen-bond donors (Lipinski definition) is 0. The van der Waals surface area contributed by atoms with Gasteiger partial charge < -0.3 is 0 Å². The first-order valence-corrected chi connectivity index (χ1v) is 11.3. The Balaban J connectivity index is 1.82. The highest BCUT2D eigenvalue weighted by molar-refractivity contribution is 14.1. The second-order valence-electron chi connectivity index (χ2n) is 8.15. The molecule has 0 spiro atoms. The van der Waals surface area contributed by atoms with Crippen LogP contribution >= 0.6 is 22.6 Å². The maximum atomic E-state index is 2.42. The molecule has 142 valence electrons. The van der Waals surface area contributed by atoms with Gasteiger partial charge in [-0.15, -0.1) is 0 Å². The fourth-order valence-corrected chi connectivity index (χ4v) is 5.01. The van der Waals surface area contributed by atoms with Crippen LogP contribution in [0.2, 0.25) is 0 Å². The molecule has 1 aliphatic carbocycles. The van der Waals surface area contributed by atoms with Crippen molar-refractivity contribution in [3.05, 3.63) is 87.0 Å². The molecule has 0 saturated heterocycles. The van der Waals surface area contributed by atoms with E-state index in [0.717, 1.165) is 12.8 Å². The molecular formula is C27H27I. The lowest BCUT2D eigenvalue weighted by Gasteiger charge is -2.23. The molecule has 0 aromatic heterocycles. The van der Waals surface area contributed by atoms with Crippen molar-refractivity contribution in [3.8, 4) is 11.1 Å². The van der Waals surface area contributed by atoms with E-state index in [1.54, 1.807) is 0 Å². The van der Waals surface area contributed by atoms with Crippen LogP contribution in [0.1, 0.15) is 51.7 Å². The Morgan fingerprint density at radius 3 is 2.29 bits per heavy atom. The third-order valence-electron chi connectivity index (χ3n) is 6.03. The van der Waals surface area contributed by atoms with Gasteiger partial charge in [0.1, 0.15) is 0 Å². The summed E-state index contributed by atoms with van der Waals surface area (Å²) in [4.78, 5) is 0. The van der Waals surface area contributed by atoms with Crippen LogP contribution in [0.3, 0.4) is 0 Å². The topological polar surface area (TPSA) is 0 Å². The summed E-state index contributed by atoms with van der Waals surface area (Å²) in [6.07, 6.45) is 6.81. The average Bonchev–Trinajstić information content (AvgIpc) is 2.91. The zero-order valence-corrected chi connectivity index (χ0v) is 19.3. The van der Waals surface area contributed by atoms with Crippen LogP contribution in [0.15, 0.2) is 72.3 Å². The molecule has 4 rings (SSSR count). The molecule has 0 fully saturated rings. The molecule has 0 heterocycles. The number of benzene rings is 3. The van der Waals surface area contributed by atoms with Crippen LogP contribution < -0.4 is 0 Å². The van der Waals surface area contributed by atoms with Gasteiger partial charge in [0.2, 0.25) is 0 Å². The van der Waals surface area contributed by atoms with Crippen LogP contribution in [0.4, 0.5) is 0 Å². The van der Waals surface area contributed by atoms with Crippen molar-refractivity contribution in [2.75, 3.05) is 0 Å². The Labute approximate surface area is 182 Å². The SMILES string of the molecule is CC/C=C\C1=C(CC)c2ccc(-c3ccc4cc(I)ccc4c3)cc2C1(C)C. The fourth-order valence-electron chi connectivity index (χ4n) is 4.49. The van der Waals surface area contributed by atoms with Crippen molar-refractivity contribution in [1.82, 2.24) is 0 Å². The zero-order chi connectivity index (χ0) is 19.9. The van der Waals surface area contributed by atoms with Gasteiger partial charge in [0.05, 0.1) is 0 Å². The molecule has 1 heteroatoms. The van der Waals surface area contributed by atoms with E-state index in [0.29, 0.717) is 0 Å². The summed E-state index contributed by atoms with van der Waals surface area (Å²) < 4.78 is 1.28. The molecule has 0 aliphatic heterocycles. The number of halogens is 1. The smallest absolute Gasteiger partial charge is 0.0155 e. The van der Waals surface area contributed by atoms with Gasteiger partial charge in [-0.05, 0) is 104 Å². The van der Waals surface area contributed by atoms with Gasteiger partial charge in [-0.2, -0.15) is 0 Å². The van der Waals surface area contributed by atoms with Crippen molar-refractivity contribution in [2.24, 2.45) is 0 Å². The number of hydrogen-bond acceptors (Lipinski definition) is 0. The van der Waals surface area contributed by atoms with Crippen LogP contribution in [0.25, 0.3) is 27.5 Å². The summed E-state index contributed by atoms with van der Waals surface area (Å²) in [5, 5.41) is 2.61. The van der Waals surface area contributed by atoms with E-state index in [1.807, 2.05) is 0 Å². The van der Waals surface area contributed by atoms with E-state index >= 15 is 0 Å². The van der Waals surface area contributed by atoms with Gasteiger partial charge >= 0.3 is 0 Å². The van der Waals surface area contributed by atoms with Gasteiger partial charge in [0, 0.05) is 8.99 Å². The molecule has 0 atom stereocenters. The van der Waals surface area contributed by atoms with Gasteiger partial charge in [0.25, 0.3) is 0 Å². The first kappa shape index (κ1) is 19.4. The van der Waals surface area contributed by atoms with Gasteiger partial charge in [-0.3, -0.25) is 0 Å². The number of rotatable bonds is 4. The minimum Gasteiger partial charge on any atom is -0.0845 e. The molecule has 0 amide bonds. The summed E-state index contributed by atoms with van der Waals surface area (Å²) in [7, 11) is 0. The summed E-state index contributed by atoms with van der Waals surface area (Å²) in [5.41, 5.74) is 8.53. The second-order valence-corrected chi connectivity index (χ2v) is 9.39. The molecule has 0 N–H and O–H groups in total. The zero-order valence-electron chi connectivity index (χ0n) is 17.1. The van der Waals surface area contributed by atoms with Crippen molar-refractivity contribution in [2.45, 2.75) is 46.0 Å². The largest absolute Gasteiger partial charge is 0.0845 e. The molecule has 3 aromatic carbocycles. The quantitative estimate of drug-likeness (QED) is 0.330. The van der Waals surface area contributed by atoms with E-state index in [9.17, 15) is 0 Å². The van der Waals surface area contributed by atoms with Crippen LogP contribution in [0.5, 0.6) is 0 Å². The summed E-state index contributed by atoms with van der Waals surface area (Å²) >= 11 is 2.38. The van der Waals surface area contributed by atoms with Gasteiger partial charge in [0.15, 0.2) is 0 Å². The van der Waals surface area contributed by atoms with Crippen molar-refractivity contribution in [1.29, 1.82) is 0 Å². The van der Waals surface area contributed by atoms with E-state index in [4.69, 9.17) is 0 Å². The first-order chi connectivity index (χ1) is 13.5. The molecule has 0 saturated carbocycles. The fraction of sp³-hybridized carbons (Fsp3) is 0.259. The second kappa shape index (κ2) is 7.51. The Morgan fingerprint density at radius 2 is 1.54 bits per heavy atom. The lowest BCUT2D eigenvalue weighted by molar-refractivity contribution is 0.653. The molecule has 0 bridgehead atoms. The van der Waals surface area contributed by atoms with E-state index in [1.165, 1.54) is 47.7 Å². The normalized spacial score (nSPS) is 15.6. The molecule has 0 nitrogen and oxygen atoms in total. The lowest BCUT2D eigenvalue weighted by Crippen LogP contribution is -2.16. The molecule has 0 radical (unpaired) electrons. The Kier molecular flexibility index (Phi) is 5.22. The van der Waals surface area contributed by atoms with Crippen LogP contribution in [-0.2, 0) is 5.41 Å². The highest BCUT2D eigenvalue weighted by atomic mass is 127. The highest BCUT2D eigenvalue weighted by Crippen LogP contribution is 2.49. The Bertz CT molecular complexity index is 1110. The summed E-state index contributed by atoms with van der Waals surface area (Å²) in [5.74, 6) is 0. The lowest BCUT2D eigenvalue weighted by atomic mass is 9.80. The predicted octanol–water partition coefficient (Wildman–Crippen LogP) is 8.53. The maximum Gasteiger partial charge on any atom is 0.0155 e. The predicted molar refractivity (Wildman–Crippen MR) is 132 cm³/mol. The minimum absolute atomic E-state index is 0.0509. The first-order valence-electron chi connectivity index (χ1n) is 10.2. The average molecular weight is 478 g/mol. The third-order valence-corrected chi connectivity index (χ3v) is 6.70. The highest BCUT2D eigenvalue weighted by Gasteiger charge is 2.35. The van der Waals surface area contributed by atoms with E-state index in [-0.39, 0.29) is 5.41 Å². The van der Waals surface area contributed by atoms with Crippen LogP contribution in [0, 0.1) is 3.57 Å². The molecule has 0 unspecified atom stereocenters. The van der Waals surface area contributed by atoms with Crippen molar-refractivity contribution in [3.63, 3.8) is 0 Å². The maximum absolute atomic E-state index is 2.42. The Hall–Kier alpha value is -1.87. The van der Waals surface area contributed by atoms with E-state index in [2.05, 4.69) is 117 Å². The monoisotopic (exact) mass is 478 g/mol. The number of fused-ring (bicyclic) bond motifs is 2. The minimum atomic E-state index is 0.0509. The summed E-state index contributed by atoms with van der Waals surface area (Å²) in [6, 6.07) is 20.5. The van der Waals surface area contributed by atoms with Crippen molar-refractivity contribution >= 4 is 38.9 Å². The standard InChI is InChI=1S/C27H27I/c1-5-7-8-25-23(6-2)24-14-12-21(17-26(24)27(25,3)4)18-9-10-20-16-22(28)13-11-19(20)15-18/h7-17H,5-6H2,1-4H3/b8-7-. The van der Waals surface area contributed by atoms with Crippen LogP contribution in [-0.4, -0.2) is 0 Å². The van der Waals surface area contributed by atoms with Crippen molar-refractivity contribution < 1.29 is 0 Å². The van der Waals surface area contributed by atoms with Gasteiger partial charge in [-0.25, -0.2) is 0 Å².